The molecule has 0 fully saturated rings. The van der Waals surface area contributed by atoms with Gasteiger partial charge in [-0.3, -0.25) is 4.79 Å². The monoisotopic (exact) mass is 309 g/mol. The molecular weight excluding hydrogens is 290 g/mol. The fourth-order valence-corrected chi connectivity index (χ4v) is 2.25. The summed E-state index contributed by atoms with van der Waals surface area (Å²) in [7, 11) is 6.26. The van der Waals surface area contributed by atoms with E-state index in [-0.39, 0.29) is 5.24 Å². The van der Waals surface area contributed by atoms with E-state index in [0.717, 1.165) is 27.8 Å². The van der Waals surface area contributed by atoms with Crippen molar-refractivity contribution in [2.75, 3.05) is 28.3 Å². The number of carbonyl (C=O) groups excluding carboxylic acids is 2. The first-order chi connectivity index (χ1) is 9.88. The molecule has 21 heavy (non-hydrogen) atoms. The lowest BCUT2D eigenvalue weighted by Gasteiger charge is -2.13. The Morgan fingerprint density at radius 1 is 1.24 bits per heavy atom. The normalized spacial score (nSPS) is 11.0. The van der Waals surface area contributed by atoms with E-state index in [4.69, 9.17) is 4.74 Å². The van der Waals surface area contributed by atoms with Crippen molar-refractivity contribution in [2.24, 2.45) is 0 Å². The average Bonchev–Trinajstić information content (AvgIpc) is 2.46. The zero-order chi connectivity index (χ0) is 16.0. The molecule has 0 radical (unpaired) electrons. The average molecular weight is 309 g/mol. The molecule has 1 aromatic carbocycles. The van der Waals surface area contributed by atoms with E-state index in [1.54, 1.807) is 33.3 Å². The van der Waals surface area contributed by atoms with E-state index in [9.17, 15) is 9.59 Å². The number of benzene rings is 1. The van der Waals surface area contributed by atoms with E-state index >= 15 is 0 Å². The predicted octanol–water partition coefficient (Wildman–Crippen LogP) is 3.05. The van der Waals surface area contributed by atoms with Crippen LogP contribution in [0, 0.1) is 0 Å². The number of hydrogen-bond acceptors (Lipinski definition) is 5. The second-order valence-electron chi connectivity index (χ2n) is 4.48. The quantitative estimate of drug-likeness (QED) is 0.486. The first kappa shape index (κ1) is 17.1. The van der Waals surface area contributed by atoms with Crippen LogP contribution in [0.15, 0.2) is 29.2 Å². The van der Waals surface area contributed by atoms with Gasteiger partial charge in [0.1, 0.15) is 5.75 Å². The minimum Gasteiger partial charge on any atom is -0.496 e. The fourth-order valence-electron chi connectivity index (χ4n) is 1.50. The van der Waals surface area contributed by atoms with Gasteiger partial charge in [0.05, 0.1) is 19.1 Å². The Kier molecular flexibility index (Phi) is 6.30. The smallest absolute Gasteiger partial charge is 0.330 e. The number of hydrogen-bond donors (Lipinski definition) is 0. The molecule has 0 aromatic heterocycles. The number of allylic oxidation sites excluding steroid dienone is 1. The topological polar surface area (TPSA) is 55.8 Å². The molecule has 0 bridgehead atoms. The third-order valence-corrected chi connectivity index (χ3v) is 3.81. The summed E-state index contributed by atoms with van der Waals surface area (Å²) in [5.74, 6) is 0.179. The molecule has 1 aromatic rings. The molecular formula is C15H19NO4S. The van der Waals surface area contributed by atoms with E-state index in [1.807, 2.05) is 13.0 Å². The van der Waals surface area contributed by atoms with Crippen molar-refractivity contribution in [2.45, 2.75) is 11.8 Å². The van der Waals surface area contributed by atoms with Crippen molar-refractivity contribution in [1.29, 1.82) is 0 Å². The van der Waals surface area contributed by atoms with Gasteiger partial charge in [-0.05, 0) is 42.0 Å². The van der Waals surface area contributed by atoms with Crippen molar-refractivity contribution >= 4 is 28.5 Å². The summed E-state index contributed by atoms with van der Waals surface area (Å²) in [6.07, 6.45) is 1.41. The largest absolute Gasteiger partial charge is 0.496 e. The van der Waals surface area contributed by atoms with Crippen molar-refractivity contribution < 1.29 is 19.1 Å². The van der Waals surface area contributed by atoms with Gasteiger partial charge in [-0.25, -0.2) is 4.79 Å². The van der Waals surface area contributed by atoms with Crippen LogP contribution >= 0.6 is 11.8 Å². The Hall–Kier alpha value is -1.95. The number of nitrogens with zero attached hydrogens (tertiary/aromatic N) is 1. The third kappa shape index (κ3) is 4.82. The highest BCUT2D eigenvalue weighted by atomic mass is 32.2. The van der Waals surface area contributed by atoms with E-state index in [2.05, 4.69) is 4.74 Å². The molecule has 0 atom stereocenters. The molecule has 0 unspecified atom stereocenters. The molecule has 5 nitrogen and oxygen atoms in total. The van der Waals surface area contributed by atoms with Crippen molar-refractivity contribution in [3.63, 3.8) is 0 Å². The van der Waals surface area contributed by atoms with E-state index < -0.39 is 5.97 Å². The maximum Gasteiger partial charge on any atom is 0.330 e. The molecule has 0 heterocycles. The van der Waals surface area contributed by atoms with Gasteiger partial charge < -0.3 is 14.4 Å². The van der Waals surface area contributed by atoms with E-state index in [0.29, 0.717) is 5.75 Å². The van der Waals surface area contributed by atoms with Crippen LogP contribution in [0.2, 0.25) is 0 Å². The lowest BCUT2D eigenvalue weighted by atomic mass is 10.1. The Balaban J connectivity index is 3.06. The maximum absolute atomic E-state index is 11.7. The van der Waals surface area contributed by atoms with Gasteiger partial charge in [0.15, 0.2) is 0 Å². The van der Waals surface area contributed by atoms with Crippen LogP contribution in [0.4, 0.5) is 4.79 Å². The summed E-state index contributed by atoms with van der Waals surface area (Å²) in [5, 5.41) is -0.0807. The van der Waals surface area contributed by atoms with Crippen molar-refractivity contribution in [1.82, 2.24) is 4.90 Å². The van der Waals surface area contributed by atoms with Gasteiger partial charge in [-0.15, -0.1) is 0 Å². The molecule has 0 aliphatic rings. The van der Waals surface area contributed by atoms with Gasteiger partial charge in [-0.2, -0.15) is 0 Å². The first-order valence-corrected chi connectivity index (χ1v) is 7.04. The predicted molar refractivity (Wildman–Crippen MR) is 83.6 cm³/mol. The number of thioether (sulfide) groups is 1. The number of methoxy groups -OCH3 is 2. The summed E-state index contributed by atoms with van der Waals surface area (Å²) >= 11 is 1.09. The Morgan fingerprint density at radius 3 is 2.43 bits per heavy atom. The maximum atomic E-state index is 11.7. The van der Waals surface area contributed by atoms with Gasteiger partial charge in [0.25, 0.3) is 5.24 Å². The van der Waals surface area contributed by atoms with Crippen LogP contribution < -0.4 is 4.74 Å². The minimum absolute atomic E-state index is 0.0807. The van der Waals surface area contributed by atoms with Crippen LogP contribution in [0.1, 0.15) is 12.5 Å². The second kappa shape index (κ2) is 7.73. The van der Waals surface area contributed by atoms with Crippen LogP contribution in [-0.2, 0) is 9.53 Å². The summed E-state index contributed by atoms with van der Waals surface area (Å²) in [5.41, 5.74) is 1.59. The lowest BCUT2D eigenvalue weighted by molar-refractivity contribution is -0.134. The second-order valence-corrected chi connectivity index (χ2v) is 5.47. The molecule has 0 aliphatic carbocycles. The molecule has 0 aliphatic heterocycles. The molecule has 0 saturated carbocycles. The highest BCUT2D eigenvalue weighted by Gasteiger charge is 2.12. The molecule has 1 amide bonds. The van der Waals surface area contributed by atoms with Crippen molar-refractivity contribution in [3.05, 3.63) is 29.8 Å². The van der Waals surface area contributed by atoms with Gasteiger partial charge >= 0.3 is 5.97 Å². The molecule has 0 spiro atoms. The van der Waals surface area contributed by atoms with Crippen molar-refractivity contribution in [3.8, 4) is 5.75 Å². The molecule has 6 heteroatoms. The summed E-state index contributed by atoms with van der Waals surface area (Å²) in [6, 6.07) is 5.43. The highest BCUT2D eigenvalue weighted by Crippen LogP contribution is 2.33. The highest BCUT2D eigenvalue weighted by molar-refractivity contribution is 8.13. The number of rotatable bonds is 4. The Labute approximate surface area is 128 Å². The summed E-state index contributed by atoms with van der Waals surface area (Å²) in [6.45, 7) is 1.81. The Morgan fingerprint density at radius 2 is 1.90 bits per heavy atom. The molecule has 114 valence electrons. The summed E-state index contributed by atoms with van der Waals surface area (Å²) < 4.78 is 9.91. The zero-order valence-corrected chi connectivity index (χ0v) is 13.6. The Bertz CT molecular complexity index is 567. The lowest BCUT2D eigenvalue weighted by Crippen LogP contribution is -2.16. The number of carbonyl (C=O) groups is 2. The molecule has 0 N–H and O–H groups in total. The van der Waals surface area contributed by atoms with Crippen LogP contribution in [0.5, 0.6) is 5.75 Å². The number of ether oxygens (including phenoxy) is 2. The van der Waals surface area contributed by atoms with Crippen LogP contribution in [0.25, 0.3) is 5.57 Å². The fraction of sp³-hybridized carbons (Fsp3) is 0.333. The van der Waals surface area contributed by atoms with Gasteiger partial charge in [0.2, 0.25) is 0 Å². The first-order valence-electron chi connectivity index (χ1n) is 6.22. The minimum atomic E-state index is -0.410. The number of amides is 1. The SMILES string of the molecule is COC(=O)C=C(C)c1ccc(SC(=O)N(C)C)c(OC)c1. The summed E-state index contributed by atoms with van der Waals surface area (Å²) in [4.78, 5) is 25.2. The standard InChI is InChI=1S/C15H19NO4S/c1-10(8-14(17)20-5)11-6-7-13(12(9-11)19-4)21-15(18)16(2)3/h6-9H,1-5H3. The zero-order valence-electron chi connectivity index (χ0n) is 12.8. The molecule has 1 rings (SSSR count). The van der Waals surface area contributed by atoms with E-state index in [1.165, 1.54) is 18.1 Å². The third-order valence-electron chi connectivity index (χ3n) is 2.72. The number of esters is 1. The molecule has 0 saturated heterocycles. The van der Waals surface area contributed by atoms with Gasteiger partial charge in [-0.1, -0.05) is 6.07 Å². The van der Waals surface area contributed by atoms with Crippen LogP contribution in [-0.4, -0.2) is 44.4 Å². The van der Waals surface area contributed by atoms with Crippen LogP contribution in [0.3, 0.4) is 0 Å². The van der Waals surface area contributed by atoms with Gasteiger partial charge in [0, 0.05) is 20.2 Å².